The minimum Gasteiger partial charge on any atom is -0.390 e. The molecule has 2 unspecified atom stereocenters. The Balaban J connectivity index is 1.96. The molecule has 94 valence electrons. The lowest BCUT2D eigenvalue weighted by Gasteiger charge is -2.27. The molecule has 0 radical (unpaired) electrons. The third-order valence-corrected chi connectivity index (χ3v) is 2.99. The molecule has 0 aromatic heterocycles. The normalized spacial score (nSPS) is 22.4. The first-order chi connectivity index (χ1) is 8.16. The van der Waals surface area contributed by atoms with Gasteiger partial charge in [0.2, 0.25) is 0 Å². The van der Waals surface area contributed by atoms with Gasteiger partial charge in [-0.3, -0.25) is 0 Å². The van der Waals surface area contributed by atoms with Crippen molar-refractivity contribution in [3.63, 3.8) is 0 Å². The van der Waals surface area contributed by atoms with E-state index in [-0.39, 0.29) is 11.1 Å². The molecule has 1 aliphatic rings. The Morgan fingerprint density at radius 3 is 2.94 bits per heavy atom. The molecule has 0 amide bonds. The molecule has 17 heavy (non-hydrogen) atoms. The van der Waals surface area contributed by atoms with E-state index in [1.165, 1.54) is 12.1 Å². The highest BCUT2D eigenvalue weighted by atomic mass is 35.5. The fourth-order valence-electron chi connectivity index (χ4n) is 1.77. The van der Waals surface area contributed by atoms with Gasteiger partial charge >= 0.3 is 0 Å². The second-order valence-electron chi connectivity index (χ2n) is 4.00. The van der Waals surface area contributed by atoms with Gasteiger partial charge < -0.3 is 14.6 Å². The Morgan fingerprint density at radius 2 is 2.29 bits per heavy atom. The van der Waals surface area contributed by atoms with Crippen molar-refractivity contribution < 1.29 is 19.0 Å². The Labute approximate surface area is 104 Å². The van der Waals surface area contributed by atoms with Crippen LogP contribution in [0.1, 0.15) is 5.56 Å². The van der Waals surface area contributed by atoms with E-state index in [0.717, 1.165) is 5.56 Å². The van der Waals surface area contributed by atoms with Gasteiger partial charge in [-0.1, -0.05) is 17.7 Å². The number of rotatable bonds is 3. The van der Waals surface area contributed by atoms with Crippen molar-refractivity contribution >= 4 is 11.6 Å². The minimum absolute atomic E-state index is 0.0653. The number of halogens is 2. The molecule has 1 saturated heterocycles. The zero-order chi connectivity index (χ0) is 12.3. The minimum atomic E-state index is -0.670. The van der Waals surface area contributed by atoms with E-state index in [0.29, 0.717) is 26.2 Å². The molecule has 0 spiro atoms. The molecule has 1 aromatic carbocycles. The number of aliphatic hydroxyl groups excluding tert-OH is 1. The van der Waals surface area contributed by atoms with Crippen LogP contribution in [0.25, 0.3) is 0 Å². The van der Waals surface area contributed by atoms with E-state index in [4.69, 9.17) is 21.1 Å². The number of hydrogen-bond donors (Lipinski definition) is 1. The predicted molar refractivity (Wildman–Crippen MR) is 61.7 cm³/mol. The standard InChI is InChI=1S/C12H14ClFO3/c13-9-5-8(1-2-10(9)14)6-11(15)12-7-16-3-4-17-12/h1-2,5,11-12,15H,3-4,6-7H2. The third kappa shape index (κ3) is 3.39. The summed E-state index contributed by atoms with van der Waals surface area (Å²) in [4.78, 5) is 0. The Kier molecular flexibility index (Phi) is 4.34. The first-order valence-electron chi connectivity index (χ1n) is 5.48. The topological polar surface area (TPSA) is 38.7 Å². The van der Waals surface area contributed by atoms with Crippen LogP contribution in [0.5, 0.6) is 0 Å². The lowest BCUT2D eigenvalue weighted by atomic mass is 10.0. The Bertz CT molecular complexity index is 380. The van der Waals surface area contributed by atoms with Crippen molar-refractivity contribution in [1.82, 2.24) is 0 Å². The number of benzene rings is 1. The van der Waals surface area contributed by atoms with Crippen LogP contribution in [0.3, 0.4) is 0 Å². The molecule has 1 aliphatic heterocycles. The molecule has 2 atom stereocenters. The summed E-state index contributed by atoms with van der Waals surface area (Å²) < 4.78 is 23.5. The smallest absolute Gasteiger partial charge is 0.141 e. The molecule has 1 N–H and O–H groups in total. The second-order valence-corrected chi connectivity index (χ2v) is 4.41. The van der Waals surface area contributed by atoms with Gasteiger partial charge in [-0.05, 0) is 17.7 Å². The SMILES string of the molecule is OC(Cc1ccc(F)c(Cl)c1)C1COCCO1. The van der Waals surface area contributed by atoms with Gasteiger partial charge in [0, 0.05) is 6.42 Å². The van der Waals surface area contributed by atoms with Crippen LogP contribution < -0.4 is 0 Å². The van der Waals surface area contributed by atoms with E-state index in [9.17, 15) is 9.50 Å². The molecule has 3 nitrogen and oxygen atoms in total. The van der Waals surface area contributed by atoms with Crippen molar-refractivity contribution in [3.05, 3.63) is 34.6 Å². The highest BCUT2D eigenvalue weighted by molar-refractivity contribution is 6.30. The maximum absolute atomic E-state index is 13.0. The summed E-state index contributed by atoms with van der Waals surface area (Å²) in [6, 6.07) is 4.42. The summed E-state index contributed by atoms with van der Waals surface area (Å²) in [6.07, 6.45) is -0.627. The maximum Gasteiger partial charge on any atom is 0.141 e. The fourth-order valence-corrected chi connectivity index (χ4v) is 1.97. The number of ether oxygens (including phenoxy) is 2. The van der Waals surface area contributed by atoms with E-state index in [2.05, 4.69) is 0 Å². The van der Waals surface area contributed by atoms with Crippen molar-refractivity contribution in [2.24, 2.45) is 0 Å². The van der Waals surface area contributed by atoms with E-state index in [1.807, 2.05) is 0 Å². The van der Waals surface area contributed by atoms with Gasteiger partial charge in [0.05, 0.1) is 30.9 Å². The van der Waals surface area contributed by atoms with Crippen LogP contribution in [-0.4, -0.2) is 37.1 Å². The molecule has 0 aliphatic carbocycles. The van der Waals surface area contributed by atoms with Gasteiger partial charge in [0.15, 0.2) is 0 Å². The molecule has 1 heterocycles. The highest BCUT2D eigenvalue weighted by Gasteiger charge is 2.23. The van der Waals surface area contributed by atoms with Crippen LogP contribution in [-0.2, 0) is 15.9 Å². The average Bonchev–Trinajstić information content (AvgIpc) is 2.35. The maximum atomic E-state index is 13.0. The third-order valence-electron chi connectivity index (χ3n) is 2.70. The summed E-state index contributed by atoms with van der Waals surface area (Å²) in [5.74, 6) is -0.456. The number of aliphatic hydroxyl groups is 1. The van der Waals surface area contributed by atoms with E-state index >= 15 is 0 Å². The zero-order valence-corrected chi connectivity index (χ0v) is 9.99. The molecule has 2 rings (SSSR count). The number of hydrogen-bond acceptors (Lipinski definition) is 3. The summed E-state index contributed by atoms with van der Waals surface area (Å²) in [6.45, 7) is 1.44. The summed E-state index contributed by atoms with van der Waals surface area (Å²) in [5, 5.41) is 10.0. The lowest BCUT2D eigenvalue weighted by Crippen LogP contribution is -2.39. The van der Waals surface area contributed by atoms with Crippen molar-refractivity contribution in [2.45, 2.75) is 18.6 Å². The summed E-state index contributed by atoms with van der Waals surface area (Å²) in [5.41, 5.74) is 0.776. The molecule has 0 saturated carbocycles. The van der Waals surface area contributed by atoms with Crippen LogP contribution in [0, 0.1) is 5.82 Å². The largest absolute Gasteiger partial charge is 0.390 e. The van der Waals surface area contributed by atoms with Crippen LogP contribution in [0.2, 0.25) is 5.02 Å². The van der Waals surface area contributed by atoms with E-state index in [1.54, 1.807) is 6.07 Å². The highest BCUT2D eigenvalue weighted by Crippen LogP contribution is 2.18. The molecule has 1 fully saturated rings. The van der Waals surface area contributed by atoms with Crippen molar-refractivity contribution in [2.75, 3.05) is 19.8 Å². The van der Waals surface area contributed by atoms with Crippen molar-refractivity contribution in [3.8, 4) is 0 Å². The van der Waals surface area contributed by atoms with Gasteiger partial charge in [-0.25, -0.2) is 4.39 Å². The molecule has 5 heteroatoms. The molecule has 1 aromatic rings. The van der Waals surface area contributed by atoms with Crippen LogP contribution in [0.15, 0.2) is 18.2 Å². The summed E-state index contributed by atoms with van der Waals surface area (Å²) in [7, 11) is 0. The molecular formula is C12H14ClFO3. The predicted octanol–water partition coefficient (Wildman–Crippen LogP) is 1.80. The van der Waals surface area contributed by atoms with E-state index < -0.39 is 11.9 Å². The van der Waals surface area contributed by atoms with Crippen LogP contribution in [0.4, 0.5) is 4.39 Å². The Morgan fingerprint density at radius 1 is 1.47 bits per heavy atom. The van der Waals surface area contributed by atoms with Gasteiger partial charge in [0.1, 0.15) is 11.9 Å². The fraction of sp³-hybridized carbons (Fsp3) is 0.500. The van der Waals surface area contributed by atoms with Crippen molar-refractivity contribution in [1.29, 1.82) is 0 Å². The van der Waals surface area contributed by atoms with Gasteiger partial charge in [0.25, 0.3) is 0 Å². The van der Waals surface area contributed by atoms with Crippen LogP contribution >= 0.6 is 11.6 Å². The lowest BCUT2D eigenvalue weighted by molar-refractivity contribution is -0.131. The van der Waals surface area contributed by atoms with Gasteiger partial charge in [-0.15, -0.1) is 0 Å². The summed E-state index contributed by atoms with van der Waals surface area (Å²) >= 11 is 5.67. The molecular weight excluding hydrogens is 247 g/mol. The average molecular weight is 261 g/mol. The van der Waals surface area contributed by atoms with Gasteiger partial charge in [-0.2, -0.15) is 0 Å². The Hall–Kier alpha value is -0.680. The molecule has 0 bridgehead atoms. The monoisotopic (exact) mass is 260 g/mol. The zero-order valence-electron chi connectivity index (χ0n) is 9.23. The second kappa shape index (κ2) is 5.78. The first kappa shape index (κ1) is 12.8. The quantitative estimate of drug-likeness (QED) is 0.901. The first-order valence-corrected chi connectivity index (χ1v) is 5.86.